The molecule has 5 N–H and O–H groups in total. The smallest absolute Gasteiger partial charge is 0.340 e. The van der Waals surface area contributed by atoms with E-state index in [-0.39, 0.29) is 5.15 Å². The maximum Gasteiger partial charge on any atom is 0.340 e. The topological polar surface area (TPSA) is 187 Å². The molecule has 5 rings (SSSR count). The van der Waals surface area contributed by atoms with Crippen LogP contribution < -0.4 is 4.90 Å². The lowest BCUT2D eigenvalue weighted by atomic mass is 10.1. The fraction of sp³-hybridized carbons (Fsp3) is 0.647. The molecule has 1 saturated carbocycles. The molecule has 0 amide bonds. The van der Waals surface area contributed by atoms with E-state index < -0.39 is 52.1 Å². The number of piperidine rings is 1. The van der Waals surface area contributed by atoms with Crippen LogP contribution in [0.25, 0.3) is 5.65 Å². The van der Waals surface area contributed by atoms with Crippen molar-refractivity contribution in [3.05, 3.63) is 23.1 Å². The van der Waals surface area contributed by atoms with Crippen molar-refractivity contribution in [3.8, 4) is 0 Å². The zero-order chi connectivity index (χ0) is 23.7. The molecule has 0 aromatic carbocycles. The van der Waals surface area contributed by atoms with Crippen LogP contribution in [0.3, 0.4) is 0 Å². The molecular formula is C17H23ClN4O9P2. The average molecular weight is 525 g/mol. The number of aliphatic hydroxyl groups excluding tert-OH is 2. The summed E-state index contributed by atoms with van der Waals surface area (Å²) in [7, 11) is -9.45. The van der Waals surface area contributed by atoms with Gasteiger partial charge in [0.05, 0.1) is 24.2 Å². The van der Waals surface area contributed by atoms with Gasteiger partial charge in [-0.15, -0.1) is 0 Å². The lowest BCUT2D eigenvalue weighted by Crippen LogP contribution is -2.33. The van der Waals surface area contributed by atoms with Crippen molar-refractivity contribution in [2.24, 2.45) is 11.8 Å². The molecule has 0 radical (unpaired) electrons. The Balaban J connectivity index is 1.36. The molecule has 2 aromatic heterocycles. The van der Waals surface area contributed by atoms with E-state index in [1.807, 2.05) is 0 Å². The molecule has 2 aliphatic heterocycles. The minimum Gasteiger partial charge on any atom is -0.387 e. The molecule has 1 aliphatic carbocycles. The second-order valence-corrected chi connectivity index (χ2v) is 13.1. The number of halogens is 1. The Morgan fingerprint density at radius 1 is 1.18 bits per heavy atom. The summed E-state index contributed by atoms with van der Waals surface area (Å²) in [6.45, 7) is 1.13. The molecule has 2 aromatic rings. The number of aliphatic hydroxyl groups is 2. The maximum atomic E-state index is 11.9. The number of imidazole rings is 1. The Bertz CT molecular complexity index is 1160. The van der Waals surface area contributed by atoms with Gasteiger partial charge >= 0.3 is 15.2 Å². The summed E-state index contributed by atoms with van der Waals surface area (Å²) in [5.41, 5.74) is 1.64. The third-order valence-corrected chi connectivity index (χ3v) is 9.86. The first-order valence-electron chi connectivity index (χ1n) is 10.2. The molecule has 7 atom stereocenters. The molecule has 2 saturated heterocycles. The van der Waals surface area contributed by atoms with Crippen LogP contribution in [0, 0.1) is 11.8 Å². The quantitative estimate of drug-likeness (QED) is 0.313. The maximum absolute atomic E-state index is 11.9. The zero-order valence-electron chi connectivity index (χ0n) is 17.1. The van der Waals surface area contributed by atoms with Gasteiger partial charge in [-0.1, -0.05) is 11.6 Å². The summed E-state index contributed by atoms with van der Waals surface area (Å²) in [4.78, 5) is 34.0. The molecule has 3 aliphatic rings. The summed E-state index contributed by atoms with van der Waals surface area (Å²) >= 11 is 6.25. The summed E-state index contributed by atoms with van der Waals surface area (Å²) in [6, 6.07) is 1.73. The van der Waals surface area contributed by atoms with E-state index in [2.05, 4.69) is 15.0 Å². The van der Waals surface area contributed by atoms with E-state index in [1.54, 1.807) is 6.07 Å². The van der Waals surface area contributed by atoms with Gasteiger partial charge < -0.3 is 39.1 Å². The van der Waals surface area contributed by atoms with E-state index >= 15 is 0 Å². The lowest BCUT2D eigenvalue weighted by molar-refractivity contribution is -0.0204. The number of anilines is 1. The molecule has 3 unspecified atom stereocenters. The number of aromatic nitrogens is 3. The zero-order valence-corrected chi connectivity index (χ0v) is 19.6. The first-order valence-corrected chi connectivity index (χ1v) is 14.2. The van der Waals surface area contributed by atoms with Crippen molar-refractivity contribution in [1.82, 2.24) is 14.6 Å². The van der Waals surface area contributed by atoms with E-state index in [9.17, 15) is 24.2 Å². The molecular weight excluding hydrogens is 502 g/mol. The van der Waals surface area contributed by atoms with Crippen LogP contribution in [0.4, 0.5) is 5.69 Å². The predicted molar refractivity (Wildman–Crippen MR) is 114 cm³/mol. The number of fused-ring (bicyclic) bond motifs is 2. The highest BCUT2D eigenvalue weighted by atomic mass is 35.5. The van der Waals surface area contributed by atoms with Gasteiger partial charge in [-0.3, -0.25) is 9.13 Å². The lowest BCUT2D eigenvalue weighted by Gasteiger charge is -2.21. The Morgan fingerprint density at radius 2 is 1.88 bits per heavy atom. The number of nitrogens with zero attached hydrogens (tertiary/aromatic N) is 4. The Morgan fingerprint density at radius 3 is 2.55 bits per heavy atom. The van der Waals surface area contributed by atoms with Gasteiger partial charge in [0.1, 0.15) is 24.4 Å². The monoisotopic (exact) mass is 524 g/mol. The highest BCUT2D eigenvalue weighted by molar-refractivity contribution is 7.70. The van der Waals surface area contributed by atoms with Crippen molar-refractivity contribution < 1.29 is 43.3 Å². The van der Waals surface area contributed by atoms with Crippen LogP contribution in [0.5, 0.6) is 0 Å². The third-order valence-electron chi connectivity index (χ3n) is 6.22. The fourth-order valence-electron chi connectivity index (χ4n) is 4.56. The second kappa shape index (κ2) is 8.23. The van der Waals surface area contributed by atoms with Crippen LogP contribution in [0.2, 0.25) is 5.15 Å². The summed E-state index contributed by atoms with van der Waals surface area (Å²) in [5, 5.41) is 25.4. The van der Waals surface area contributed by atoms with Crippen molar-refractivity contribution in [2.45, 2.75) is 30.8 Å². The number of hydrogen-bond acceptors (Lipinski definition) is 9. The largest absolute Gasteiger partial charge is 0.387 e. The second-order valence-electron chi connectivity index (χ2n) is 8.75. The van der Waals surface area contributed by atoms with Crippen molar-refractivity contribution >= 4 is 38.1 Å². The van der Waals surface area contributed by atoms with Gasteiger partial charge in [0, 0.05) is 19.2 Å². The molecule has 4 heterocycles. The van der Waals surface area contributed by atoms with Gasteiger partial charge in [-0.2, -0.15) is 5.10 Å². The number of rotatable bonds is 7. The fourth-order valence-corrected chi connectivity index (χ4v) is 7.30. The van der Waals surface area contributed by atoms with E-state index in [0.29, 0.717) is 23.2 Å². The van der Waals surface area contributed by atoms with E-state index in [1.165, 1.54) is 17.1 Å². The van der Waals surface area contributed by atoms with Crippen molar-refractivity contribution in [1.29, 1.82) is 0 Å². The minimum atomic E-state index is -4.80. The van der Waals surface area contributed by atoms with Crippen LogP contribution in [0.15, 0.2) is 12.3 Å². The highest BCUT2D eigenvalue weighted by Gasteiger charge is 2.47. The summed E-state index contributed by atoms with van der Waals surface area (Å²) in [5.74, 6) is -0.0170. The first kappa shape index (κ1) is 23.6. The minimum absolute atomic E-state index is 0.212. The van der Waals surface area contributed by atoms with E-state index in [4.69, 9.17) is 30.6 Å². The molecule has 182 valence electrons. The van der Waals surface area contributed by atoms with Crippen LogP contribution in [-0.4, -0.2) is 83.4 Å². The number of hydrogen-bond donors (Lipinski definition) is 5. The average Bonchev–Trinajstić information content (AvgIpc) is 3.01. The predicted octanol–water partition coefficient (Wildman–Crippen LogP) is 0.338. The Kier molecular flexibility index (Phi) is 5.90. The van der Waals surface area contributed by atoms with Gasteiger partial charge in [0.2, 0.25) is 0 Å². The Hall–Kier alpha value is -1.11. The molecule has 3 fully saturated rings. The van der Waals surface area contributed by atoms with Crippen LogP contribution in [-0.2, 0) is 18.4 Å². The molecule has 0 spiro atoms. The highest BCUT2D eigenvalue weighted by Crippen LogP contribution is 2.55. The molecule has 16 heteroatoms. The van der Waals surface area contributed by atoms with Gasteiger partial charge in [-0.25, -0.2) is 9.50 Å². The normalized spacial score (nSPS) is 33.5. The third kappa shape index (κ3) is 4.72. The van der Waals surface area contributed by atoms with Gasteiger partial charge in [0.15, 0.2) is 16.7 Å². The van der Waals surface area contributed by atoms with Gasteiger partial charge in [0.25, 0.3) is 0 Å². The van der Waals surface area contributed by atoms with Crippen LogP contribution in [0.1, 0.15) is 18.2 Å². The summed E-state index contributed by atoms with van der Waals surface area (Å²) < 4.78 is 34.7. The standard InChI is InChI=1S/C17H23ClN4O9P2/c18-13-2-10(21-4-8-1-9(8)5-21)17-19-3-11(22(17)20-13)16-15(24)14(23)12(31-16)6-30-33(28,29)7-32(25,26)27/h2-3,8-9,12,14-16,23-24H,1,4-7H2,(H,28,29)(H2,25,26,27)/t8?,9?,12-,14-,15-,16+/m1/s1. The van der Waals surface area contributed by atoms with Crippen LogP contribution >= 0.6 is 26.8 Å². The van der Waals surface area contributed by atoms with Crippen molar-refractivity contribution in [3.63, 3.8) is 0 Å². The molecule has 0 bridgehead atoms. The molecule has 13 nitrogen and oxygen atoms in total. The van der Waals surface area contributed by atoms with E-state index in [0.717, 1.165) is 18.8 Å². The SMILES string of the molecule is O=P(O)(O)CP(=O)(O)OC[C@H]1O[C@@H](c2cnc3c(N4CC5CC5C4)cc(Cl)nn23)[C@H](O)[C@@H]1O. The first-order chi connectivity index (χ1) is 15.4. The Labute approximate surface area is 192 Å². The van der Waals surface area contributed by atoms with Gasteiger partial charge in [-0.05, 0) is 18.3 Å². The summed E-state index contributed by atoms with van der Waals surface area (Å²) in [6.07, 6.45) is -2.61. The molecule has 33 heavy (non-hydrogen) atoms. The number of ether oxygens (including phenoxy) is 1. The van der Waals surface area contributed by atoms with Crippen molar-refractivity contribution in [2.75, 3.05) is 30.5 Å².